The molecule has 0 aromatic carbocycles. The van der Waals surface area contributed by atoms with Gasteiger partial charge in [-0.25, -0.2) is 0 Å². The third-order valence-corrected chi connectivity index (χ3v) is 3.19. The number of pyridine rings is 1. The van der Waals surface area contributed by atoms with Crippen LogP contribution in [0.4, 0.5) is 0 Å². The van der Waals surface area contributed by atoms with Gasteiger partial charge in [0.1, 0.15) is 0 Å². The molecule has 0 amide bonds. The van der Waals surface area contributed by atoms with Crippen LogP contribution < -0.4 is 0 Å². The van der Waals surface area contributed by atoms with E-state index in [1.165, 1.54) is 24.8 Å². The van der Waals surface area contributed by atoms with Crippen molar-refractivity contribution < 1.29 is 0 Å². The monoisotopic (exact) mass is 215 g/mol. The van der Waals surface area contributed by atoms with Crippen LogP contribution in [0.25, 0.3) is 0 Å². The molecule has 0 saturated carbocycles. The highest BCUT2D eigenvalue weighted by Crippen LogP contribution is 2.30. The fourth-order valence-corrected chi connectivity index (χ4v) is 2.40. The number of nitriles is 1. The lowest BCUT2D eigenvalue weighted by Crippen LogP contribution is -2.34. The maximum atomic E-state index is 8.66. The van der Waals surface area contributed by atoms with Crippen LogP contribution in [0.15, 0.2) is 24.5 Å². The van der Waals surface area contributed by atoms with Crippen LogP contribution in [0.5, 0.6) is 0 Å². The number of aromatic nitrogens is 1. The van der Waals surface area contributed by atoms with Crippen LogP contribution >= 0.6 is 0 Å². The smallest absolute Gasteiger partial charge is 0.0635 e. The Labute approximate surface area is 96.7 Å². The molecule has 1 aliphatic heterocycles. The van der Waals surface area contributed by atoms with Crippen molar-refractivity contribution in [2.75, 3.05) is 13.1 Å². The third-order valence-electron chi connectivity index (χ3n) is 3.19. The Morgan fingerprint density at radius 2 is 2.44 bits per heavy atom. The zero-order valence-corrected chi connectivity index (χ0v) is 9.47. The van der Waals surface area contributed by atoms with Crippen molar-refractivity contribution in [1.82, 2.24) is 9.88 Å². The molecular formula is C13H17N3. The highest BCUT2D eigenvalue weighted by molar-refractivity contribution is 5.14. The second-order valence-corrected chi connectivity index (χ2v) is 4.24. The molecule has 1 aromatic rings. The van der Waals surface area contributed by atoms with E-state index < -0.39 is 0 Å². The topological polar surface area (TPSA) is 39.9 Å². The van der Waals surface area contributed by atoms with E-state index >= 15 is 0 Å². The lowest BCUT2D eigenvalue weighted by atomic mass is 9.96. The molecule has 1 aromatic heterocycles. The van der Waals surface area contributed by atoms with Crippen molar-refractivity contribution >= 4 is 0 Å². The van der Waals surface area contributed by atoms with Crippen molar-refractivity contribution in [3.63, 3.8) is 0 Å². The molecule has 84 valence electrons. The normalized spacial score (nSPS) is 21.6. The fraction of sp³-hybridized carbons (Fsp3) is 0.538. The zero-order valence-electron chi connectivity index (χ0n) is 9.47. The van der Waals surface area contributed by atoms with Crippen LogP contribution in [0, 0.1) is 11.3 Å². The molecule has 0 bridgehead atoms. The molecule has 2 heterocycles. The number of nitrogens with zero attached hydrogens (tertiary/aromatic N) is 3. The summed E-state index contributed by atoms with van der Waals surface area (Å²) in [5.41, 5.74) is 1.29. The molecule has 2 rings (SSSR count). The average molecular weight is 215 g/mol. The molecule has 3 nitrogen and oxygen atoms in total. The van der Waals surface area contributed by atoms with Crippen LogP contribution in [-0.4, -0.2) is 23.0 Å². The summed E-state index contributed by atoms with van der Waals surface area (Å²) in [4.78, 5) is 6.60. The van der Waals surface area contributed by atoms with E-state index in [1.54, 1.807) is 0 Å². The average Bonchev–Trinajstić information content (AvgIpc) is 2.38. The van der Waals surface area contributed by atoms with Crippen molar-refractivity contribution in [2.24, 2.45) is 0 Å². The first-order chi connectivity index (χ1) is 7.92. The second kappa shape index (κ2) is 5.62. The Kier molecular flexibility index (Phi) is 3.90. The first kappa shape index (κ1) is 11.1. The first-order valence-corrected chi connectivity index (χ1v) is 5.93. The van der Waals surface area contributed by atoms with Crippen molar-refractivity contribution in [3.8, 4) is 6.07 Å². The number of hydrogen-bond acceptors (Lipinski definition) is 3. The van der Waals surface area contributed by atoms with Gasteiger partial charge in [0, 0.05) is 31.4 Å². The molecule has 0 radical (unpaired) electrons. The molecular weight excluding hydrogens is 198 g/mol. The van der Waals surface area contributed by atoms with Gasteiger partial charge in [0.05, 0.1) is 6.07 Å². The van der Waals surface area contributed by atoms with Gasteiger partial charge in [-0.2, -0.15) is 5.26 Å². The summed E-state index contributed by atoms with van der Waals surface area (Å²) in [5.74, 6) is 0. The summed E-state index contributed by atoms with van der Waals surface area (Å²) in [6, 6.07) is 6.83. The predicted octanol–water partition coefficient (Wildman–Crippen LogP) is 2.52. The summed E-state index contributed by atoms with van der Waals surface area (Å²) in [6.45, 7) is 2.00. The quantitative estimate of drug-likeness (QED) is 0.777. The van der Waals surface area contributed by atoms with E-state index in [9.17, 15) is 0 Å². The zero-order chi connectivity index (χ0) is 11.2. The molecule has 0 spiro atoms. The minimum absolute atomic E-state index is 0.468. The van der Waals surface area contributed by atoms with Gasteiger partial charge in [0.15, 0.2) is 0 Å². The highest BCUT2D eigenvalue weighted by atomic mass is 15.2. The van der Waals surface area contributed by atoms with E-state index in [2.05, 4.69) is 22.0 Å². The maximum Gasteiger partial charge on any atom is 0.0635 e. The van der Waals surface area contributed by atoms with E-state index in [0.29, 0.717) is 12.5 Å². The summed E-state index contributed by atoms with van der Waals surface area (Å²) < 4.78 is 0. The first-order valence-electron chi connectivity index (χ1n) is 5.93. The SMILES string of the molecule is N#CCCN1CCCC[C@H]1c1cccnc1. The summed E-state index contributed by atoms with van der Waals surface area (Å²) in [5, 5.41) is 8.66. The van der Waals surface area contributed by atoms with Crippen molar-refractivity contribution in [1.29, 1.82) is 5.26 Å². The van der Waals surface area contributed by atoms with Crippen LogP contribution in [0.2, 0.25) is 0 Å². The molecule has 1 fully saturated rings. The van der Waals surface area contributed by atoms with Gasteiger partial charge >= 0.3 is 0 Å². The minimum Gasteiger partial charge on any atom is -0.295 e. The summed E-state index contributed by atoms with van der Waals surface area (Å²) in [7, 11) is 0. The number of rotatable bonds is 3. The van der Waals surface area contributed by atoms with E-state index in [0.717, 1.165) is 13.1 Å². The summed E-state index contributed by atoms with van der Waals surface area (Å²) in [6.07, 6.45) is 8.11. The van der Waals surface area contributed by atoms with Crippen molar-refractivity contribution in [2.45, 2.75) is 31.7 Å². The second-order valence-electron chi connectivity index (χ2n) is 4.24. The Bertz CT molecular complexity index is 355. The molecule has 16 heavy (non-hydrogen) atoms. The van der Waals surface area contributed by atoms with E-state index in [4.69, 9.17) is 5.26 Å². The van der Waals surface area contributed by atoms with Gasteiger partial charge in [-0.05, 0) is 31.0 Å². The lowest BCUT2D eigenvalue weighted by Gasteiger charge is -2.35. The van der Waals surface area contributed by atoms with Gasteiger partial charge in [-0.3, -0.25) is 9.88 Å². The Hall–Kier alpha value is -1.40. The Morgan fingerprint density at radius 1 is 1.50 bits per heavy atom. The van der Waals surface area contributed by atoms with Crippen LogP contribution in [0.3, 0.4) is 0 Å². The van der Waals surface area contributed by atoms with Crippen molar-refractivity contribution in [3.05, 3.63) is 30.1 Å². The third kappa shape index (κ3) is 2.59. The van der Waals surface area contributed by atoms with Gasteiger partial charge in [-0.15, -0.1) is 0 Å². The fourth-order valence-electron chi connectivity index (χ4n) is 2.40. The molecule has 1 aliphatic rings. The molecule has 0 N–H and O–H groups in total. The molecule has 3 heteroatoms. The maximum absolute atomic E-state index is 8.66. The highest BCUT2D eigenvalue weighted by Gasteiger charge is 2.23. The standard InChI is InChI=1S/C13H17N3/c14-7-4-10-16-9-2-1-6-13(16)12-5-3-8-15-11-12/h3,5,8,11,13H,1-2,4,6,9-10H2/t13-/m0/s1. The van der Waals surface area contributed by atoms with E-state index in [1.807, 2.05) is 18.5 Å². The Morgan fingerprint density at radius 3 is 3.19 bits per heavy atom. The predicted molar refractivity (Wildman–Crippen MR) is 62.6 cm³/mol. The molecule has 1 atom stereocenters. The minimum atomic E-state index is 0.468. The Balaban J connectivity index is 2.08. The largest absolute Gasteiger partial charge is 0.295 e. The molecule has 0 aliphatic carbocycles. The number of likely N-dealkylation sites (tertiary alicyclic amines) is 1. The van der Waals surface area contributed by atoms with Gasteiger partial charge in [0.2, 0.25) is 0 Å². The lowest BCUT2D eigenvalue weighted by molar-refractivity contribution is 0.152. The van der Waals surface area contributed by atoms with Gasteiger partial charge in [0.25, 0.3) is 0 Å². The molecule has 0 unspecified atom stereocenters. The van der Waals surface area contributed by atoms with Gasteiger partial charge in [-0.1, -0.05) is 12.5 Å². The van der Waals surface area contributed by atoms with Gasteiger partial charge < -0.3 is 0 Å². The van der Waals surface area contributed by atoms with Crippen LogP contribution in [-0.2, 0) is 0 Å². The van der Waals surface area contributed by atoms with E-state index in [-0.39, 0.29) is 0 Å². The number of hydrogen-bond donors (Lipinski definition) is 0. The number of piperidine rings is 1. The molecule has 1 saturated heterocycles. The summed E-state index contributed by atoms with van der Waals surface area (Å²) >= 11 is 0. The van der Waals surface area contributed by atoms with Crippen LogP contribution in [0.1, 0.15) is 37.3 Å².